The number of hydrogen-bond donors (Lipinski definition) is 1. The zero-order valence-corrected chi connectivity index (χ0v) is 9.08. The minimum absolute atomic E-state index is 0.403. The molecule has 1 aromatic carbocycles. The molecule has 0 bridgehead atoms. The molecule has 0 aliphatic rings. The van der Waals surface area contributed by atoms with E-state index in [-0.39, 0.29) is 0 Å². The minimum atomic E-state index is -0.875. The van der Waals surface area contributed by atoms with Gasteiger partial charge in [-0.1, -0.05) is 5.92 Å². The second kappa shape index (κ2) is 4.97. The van der Waals surface area contributed by atoms with Crippen LogP contribution in [0.3, 0.4) is 0 Å². The van der Waals surface area contributed by atoms with E-state index in [9.17, 15) is 8.78 Å². The Morgan fingerprint density at radius 1 is 1.36 bits per heavy atom. The van der Waals surface area contributed by atoms with E-state index in [1.165, 1.54) is 0 Å². The van der Waals surface area contributed by atoms with Crippen molar-refractivity contribution >= 4 is 21.6 Å². The second-order valence-electron chi connectivity index (χ2n) is 2.53. The molecule has 0 aliphatic heterocycles. The van der Waals surface area contributed by atoms with Crippen molar-refractivity contribution in [2.75, 3.05) is 11.9 Å². The minimum Gasteiger partial charge on any atom is -0.373 e. The largest absolute Gasteiger partial charge is 0.373 e. The summed E-state index contributed by atoms with van der Waals surface area (Å²) in [4.78, 5) is 0. The van der Waals surface area contributed by atoms with Crippen molar-refractivity contribution in [3.8, 4) is 11.8 Å². The molecule has 0 amide bonds. The van der Waals surface area contributed by atoms with Gasteiger partial charge in [0, 0.05) is 10.5 Å². The Hall–Kier alpha value is -1.08. The van der Waals surface area contributed by atoms with E-state index in [2.05, 4.69) is 33.1 Å². The molecule has 1 rings (SSSR count). The molecule has 74 valence electrons. The molecular formula is C10H8BrF2N. The zero-order valence-electron chi connectivity index (χ0n) is 7.50. The van der Waals surface area contributed by atoms with Gasteiger partial charge in [0.1, 0.15) is 0 Å². The number of anilines is 1. The van der Waals surface area contributed by atoms with Crippen LogP contribution < -0.4 is 5.32 Å². The monoisotopic (exact) mass is 259 g/mol. The number of rotatable bonds is 2. The molecule has 0 aliphatic carbocycles. The third kappa shape index (κ3) is 2.71. The van der Waals surface area contributed by atoms with E-state index in [1.807, 2.05) is 0 Å². The van der Waals surface area contributed by atoms with Crippen molar-refractivity contribution in [2.45, 2.75) is 6.92 Å². The maximum Gasteiger partial charge on any atom is 0.160 e. The molecule has 0 unspecified atom stereocenters. The average molecular weight is 260 g/mol. The van der Waals surface area contributed by atoms with E-state index < -0.39 is 11.6 Å². The predicted octanol–water partition coefficient (Wildman–Crippen LogP) is 3.16. The average Bonchev–Trinajstić information content (AvgIpc) is 2.14. The molecule has 4 heteroatoms. The van der Waals surface area contributed by atoms with Gasteiger partial charge in [0.25, 0.3) is 0 Å². The first-order chi connectivity index (χ1) is 6.65. The van der Waals surface area contributed by atoms with Crippen molar-refractivity contribution in [2.24, 2.45) is 0 Å². The fourth-order valence-electron chi connectivity index (χ4n) is 0.886. The van der Waals surface area contributed by atoms with Crippen molar-refractivity contribution in [1.82, 2.24) is 0 Å². The lowest BCUT2D eigenvalue weighted by molar-refractivity contribution is 0.508. The van der Waals surface area contributed by atoms with Crippen LogP contribution in [0.2, 0.25) is 0 Å². The van der Waals surface area contributed by atoms with Crippen LogP contribution in [0.25, 0.3) is 0 Å². The molecule has 1 aromatic rings. The van der Waals surface area contributed by atoms with Crippen LogP contribution in [0, 0.1) is 23.5 Å². The Morgan fingerprint density at radius 2 is 2.00 bits per heavy atom. The fourth-order valence-corrected chi connectivity index (χ4v) is 1.34. The quantitative estimate of drug-likeness (QED) is 0.636. The van der Waals surface area contributed by atoms with Crippen molar-refractivity contribution < 1.29 is 8.78 Å². The number of hydrogen-bond acceptors (Lipinski definition) is 1. The van der Waals surface area contributed by atoms with Crippen LogP contribution in [0.15, 0.2) is 16.6 Å². The van der Waals surface area contributed by atoms with Gasteiger partial charge in [-0.2, -0.15) is 0 Å². The van der Waals surface area contributed by atoms with Crippen LogP contribution in [0.4, 0.5) is 14.5 Å². The van der Waals surface area contributed by atoms with Crippen LogP contribution in [0.1, 0.15) is 6.92 Å². The van der Waals surface area contributed by atoms with E-state index in [4.69, 9.17) is 0 Å². The maximum absolute atomic E-state index is 12.8. The summed E-state index contributed by atoms with van der Waals surface area (Å²) < 4.78 is 26.0. The molecule has 0 atom stereocenters. The van der Waals surface area contributed by atoms with Gasteiger partial charge in [0.15, 0.2) is 11.6 Å². The summed E-state index contributed by atoms with van der Waals surface area (Å²) in [6.07, 6.45) is 0. The number of benzene rings is 1. The lowest BCUT2D eigenvalue weighted by atomic mass is 10.3. The van der Waals surface area contributed by atoms with Crippen molar-refractivity contribution in [3.63, 3.8) is 0 Å². The van der Waals surface area contributed by atoms with Gasteiger partial charge < -0.3 is 5.32 Å². The van der Waals surface area contributed by atoms with Gasteiger partial charge in [0.05, 0.1) is 12.2 Å². The van der Waals surface area contributed by atoms with Crippen molar-refractivity contribution in [3.05, 3.63) is 28.2 Å². The molecular weight excluding hydrogens is 252 g/mol. The van der Waals surface area contributed by atoms with Crippen LogP contribution in [-0.2, 0) is 0 Å². The first-order valence-corrected chi connectivity index (χ1v) is 4.72. The highest BCUT2D eigenvalue weighted by Gasteiger charge is 2.06. The third-order valence-electron chi connectivity index (χ3n) is 1.55. The normalized spacial score (nSPS) is 9.14. The smallest absolute Gasteiger partial charge is 0.160 e. The summed E-state index contributed by atoms with van der Waals surface area (Å²) in [5.74, 6) is 3.70. The van der Waals surface area contributed by atoms with Crippen LogP contribution in [0.5, 0.6) is 0 Å². The Labute approximate surface area is 89.6 Å². The fraction of sp³-hybridized carbons (Fsp3) is 0.200. The highest BCUT2D eigenvalue weighted by molar-refractivity contribution is 9.10. The molecule has 0 spiro atoms. The summed E-state index contributed by atoms with van der Waals surface area (Å²) in [6.45, 7) is 2.11. The first-order valence-electron chi connectivity index (χ1n) is 3.93. The highest BCUT2D eigenvalue weighted by atomic mass is 79.9. The molecule has 14 heavy (non-hydrogen) atoms. The number of halogens is 3. The number of nitrogens with one attached hydrogen (secondary N) is 1. The Bertz CT molecular complexity index is 393. The summed E-state index contributed by atoms with van der Waals surface area (Å²) in [6, 6.07) is 2.17. The molecule has 0 radical (unpaired) electrons. The topological polar surface area (TPSA) is 12.0 Å². The van der Waals surface area contributed by atoms with Crippen LogP contribution >= 0.6 is 15.9 Å². The van der Waals surface area contributed by atoms with E-state index in [0.717, 1.165) is 12.1 Å². The molecule has 1 nitrogen and oxygen atoms in total. The Morgan fingerprint density at radius 3 is 2.64 bits per heavy atom. The molecule has 0 heterocycles. The molecule has 1 N–H and O–H groups in total. The third-order valence-corrected chi connectivity index (χ3v) is 2.21. The molecule has 0 saturated heterocycles. The van der Waals surface area contributed by atoms with Crippen molar-refractivity contribution in [1.29, 1.82) is 0 Å². The predicted molar refractivity (Wildman–Crippen MR) is 56.0 cm³/mol. The standard InChI is InChI=1S/C10H8BrF2N/c1-2-3-4-14-10-6-9(13)8(12)5-7(10)11/h5-6,14H,4H2,1H3. The van der Waals surface area contributed by atoms with Gasteiger partial charge in [-0.3, -0.25) is 0 Å². The van der Waals surface area contributed by atoms with E-state index in [1.54, 1.807) is 6.92 Å². The molecule has 0 fully saturated rings. The lowest BCUT2D eigenvalue weighted by Crippen LogP contribution is -2.00. The molecule has 0 aromatic heterocycles. The lowest BCUT2D eigenvalue weighted by Gasteiger charge is -2.05. The van der Waals surface area contributed by atoms with Gasteiger partial charge in [0.2, 0.25) is 0 Å². The summed E-state index contributed by atoms with van der Waals surface area (Å²) in [5, 5.41) is 2.85. The van der Waals surface area contributed by atoms with Gasteiger partial charge in [-0.05, 0) is 28.9 Å². The summed E-state index contributed by atoms with van der Waals surface area (Å²) >= 11 is 3.12. The van der Waals surface area contributed by atoms with Crippen LogP contribution in [-0.4, -0.2) is 6.54 Å². The van der Waals surface area contributed by atoms with Gasteiger partial charge >= 0.3 is 0 Å². The molecule has 0 saturated carbocycles. The highest BCUT2D eigenvalue weighted by Crippen LogP contribution is 2.24. The SMILES string of the molecule is CC#CCNc1cc(F)c(F)cc1Br. The summed E-state index contributed by atoms with van der Waals surface area (Å²) in [7, 11) is 0. The van der Waals surface area contributed by atoms with Gasteiger partial charge in [-0.25, -0.2) is 8.78 Å². The maximum atomic E-state index is 12.8. The Balaban J connectivity index is 2.85. The van der Waals surface area contributed by atoms with E-state index >= 15 is 0 Å². The van der Waals surface area contributed by atoms with Gasteiger partial charge in [-0.15, -0.1) is 5.92 Å². The Kier molecular flexibility index (Phi) is 3.90. The summed E-state index contributed by atoms with van der Waals surface area (Å²) in [5.41, 5.74) is 0.492. The first kappa shape index (κ1) is 11.0. The van der Waals surface area contributed by atoms with E-state index in [0.29, 0.717) is 16.7 Å². The second-order valence-corrected chi connectivity index (χ2v) is 3.38. The zero-order chi connectivity index (χ0) is 10.6.